The monoisotopic (exact) mass is 436 g/mol. The van der Waals surface area contributed by atoms with Gasteiger partial charge >= 0.3 is 0 Å². The highest BCUT2D eigenvalue weighted by Crippen LogP contribution is 2.39. The smallest absolute Gasteiger partial charge is 0.134 e. The summed E-state index contributed by atoms with van der Waals surface area (Å²) >= 11 is 0. The van der Waals surface area contributed by atoms with Gasteiger partial charge in [0.05, 0.1) is 0 Å². The summed E-state index contributed by atoms with van der Waals surface area (Å²) in [6.07, 6.45) is 12.8. The molecule has 1 fully saturated rings. The van der Waals surface area contributed by atoms with Crippen LogP contribution in [0, 0.1) is 23.6 Å². The van der Waals surface area contributed by atoms with Gasteiger partial charge in [-0.25, -0.2) is 4.39 Å². The largest absolute Gasteiger partial charge is 0.206 e. The Kier molecular flexibility index (Phi) is 7.79. The number of hydrogen-bond donors (Lipinski definition) is 0. The molecule has 1 aliphatic carbocycles. The molecule has 0 radical (unpaired) electrons. The zero-order valence-electron chi connectivity index (χ0n) is 19.5. The van der Waals surface area contributed by atoms with E-state index in [0.29, 0.717) is 11.3 Å². The van der Waals surface area contributed by atoms with Crippen LogP contribution in [0.1, 0.15) is 73.1 Å². The van der Waals surface area contributed by atoms with E-state index in [1.807, 2.05) is 36.4 Å². The maximum Gasteiger partial charge on any atom is 0.134 e. The van der Waals surface area contributed by atoms with Crippen molar-refractivity contribution in [1.29, 1.82) is 0 Å². The van der Waals surface area contributed by atoms with Crippen LogP contribution in [0.3, 0.4) is 0 Å². The van der Waals surface area contributed by atoms with Crippen molar-refractivity contribution in [3.05, 3.63) is 108 Å². The topological polar surface area (TPSA) is 0 Å². The van der Waals surface area contributed by atoms with Crippen LogP contribution in [-0.2, 0) is 6.42 Å². The van der Waals surface area contributed by atoms with Crippen molar-refractivity contribution in [2.75, 3.05) is 0 Å². The summed E-state index contributed by atoms with van der Waals surface area (Å²) in [5.74, 6) is 7.54. The number of halogens is 1. The Morgan fingerprint density at radius 1 is 0.818 bits per heavy atom. The average molecular weight is 437 g/mol. The van der Waals surface area contributed by atoms with Gasteiger partial charge in [0.1, 0.15) is 5.82 Å². The van der Waals surface area contributed by atoms with E-state index in [4.69, 9.17) is 0 Å². The third kappa shape index (κ3) is 5.82. The van der Waals surface area contributed by atoms with E-state index in [1.165, 1.54) is 24.8 Å². The number of hydrogen-bond acceptors (Lipinski definition) is 0. The molecule has 0 saturated heterocycles. The first-order chi connectivity index (χ1) is 16.2. The Morgan fingerprint density at radius 2 is 1.52 bits per heavy atom. The third-order valence-electron chi connectivity index (χ3n) is 6.99. The number of fused-ring (bicyclic) bond motifs is 1. The minimum atomic E-state index is -0.0448. The minimum absolute atomic E-state index is 0.0448. The Bertz CT molecular complexity index is 1160. The molecular weight excluding hydrogens is 403 g/mol. The van der Waals surface area contributed by atoms with Crippen molar-refractivity contribution >= 4 is 10.8 Å². The van der Waals surface area contributed by atoms with E-state index in [9.17, 15) is 0 Å². The first-order valence-electron chi connectivity index (χ1n) is 12.2. The molecule has 0 nitrogen and oxygen atoms in total. The van der Waals surface area contributed by atoms with Gasteiger partial charge in [-0.3, -0.25) is 0 Å². The van der Waals surface area contributed by atoms with Crippen molar-refractivity contribution in [3.8, 4) is 11.8 Å². The normalized spacial score (nSPS) is 17.8. The first-order valence-corrected chi connectivity index (χ1v) is 12.2. The first kappa shape index (κ1) is 23.1. The minimum Gasteiger partial charge on any atom is -0.206 e. The van der Waals surface area contributed by atoms with Gasteiger partial charge in [0.15, 0.2) is 0 Å². The van der Waals surface area contributed by atoms with Crippen LogP contribution in [0.15, 0.2) is 79.9 Å². The molecule has 1 saturated carbocycles. The number of rotatable bonds is 7. The van der Waals surface area contributed by atoms with E-state index in [2.05, 4.69) is 55.3 Å². The highest BCUT2D eigenvalue weighted by atomic mass is 19.1. The molecule has 1 heteroatoms. The second kappa shape index (κ2) is 11.2. The van der Waals surface area contributed by atoms with E-state index in [-0.39, 0.29) is 5.82 Å². The second-order valence-electron chi connectivity index (χ2n) is 9.26. The highest BCUT2D eigenvalue weighted by molar-refractivity contribution is 5.85. The number of aryl methyl sites for hydroxylation is 1. The van der Waals surface area contributed by atoms with Crippen LogP contribution in [0.25, 0.3) is 10.8 Å². The predicted octanol–water partition coefficient (Wildman–Crippen LogP) is 8.74. The maximum absolute atomic E-state index is 15.4. The lowest BCUT2D eigenvalue weighted by Gasteiger charge is -2.29. The Hall–Kier alpha value is -3.11. The summed E-state index contributed by atoms with van der Waals surface area (Å²) in [5, 5.41) is 1.63. The third-order valence-corrected chi connectivity index (χ3v) is 6.99. The van der Waals surface area contributed by atoms with Crippen LogP contribution in [0.5, 0.6) is 0 Å². The van der Waals surface area contributed by atoms with Crippen molar-refractivity contribution < 1.29 is 4.39 Å². The molecule has 168 valence electrons. The van der Waals surface area contributed by atoms with E-state index in [1.54, 1.807) is 0 Å². The van der Waals surface area contributed by atoms with Gasteiger partial charge in [0.2, 0.25) is 0 Å². The van der Waals surface area contributed by atoms with Crippen LogP contribution < -0.4 is 0 Å². The van der Waals surface area contributed by atoms with Crippen molar-refractivity contribution in [3.63, 3.8) is 0 Å². The molecule has 0 heterocycles. The number of benzene rings is 3. The molecule has 0 unspecified atom stereocenters. The Labute approximate surface area is 198 Å². The lowest BCUT2D eigenvalue weighted by molar-refractivity contribution is 0.308. The molecule has 0 amide bonds. The summed E-state index contributed by atoms with van der Waals surface area (Å²) in [6, 6.07) is 18.3. The van der Waals surface area contributed by atoms with E-state index >= 15 is 4.39 Å². The van der Waals surface area contributed by atoms with Gasteiger partial charge in [-0.2, -0.15) is 0 Å². The van der Waals surface area contributed by atoms with Gasteiger partial charge in [0, 0.05) is 16.5 Å². The molecule has 3 aromatic rings. The van der Waals surface area contributed by atoms with Gasteiger partial charge in [-0.05, 0) is 104 Å². The molecule has 1 aliphatic rings. The highest BCUT2D eigenvalue weighted by Gasteiger charge is 2.24. The fourth-order valence-electron chi connectivity index (χ4n) is 4.99. The zero-order chi connectivity index (χ0) is 23.0. The summed E-state index contributed by atoms with van der Waals surface area (Å²) in [4.78, 5) is 0. The van der Waals surface area contributed by atoms with Gasteiger partial charge < -0.3 is 0 Å². The molecule has 0 N–H and O–H groups in total. The van der Waals surface area contributed by atoms with Crippen molar-refractivity contribution in [2.45, 2.75) is 57.3 Å². The molecular formula is C32H33F. The molecule has 0 bridgehead atoms. The Morgan fingerprint density at radius 3 is 2.24 bits per heavy atom. The van der Waals surface area contributed by atoms with Crippen LogP contribution >= 0.6 is 0 Å². The number of allylic oxidation sites excluding steroid dienone is 2. The predicted molar refractivity (Wildman–Crippen MR) is 139 cm³/mol. The molecule has 4 rings (SSSR count). The maximum atomic E-state index is 15.4. The fraction of sp³-hybridized carbons (Fsp3) is 0.312. The van der Waals surface area contributed by atoms with Gasteiger partial charge in [-0.15, -0.1) is 13.2 Å². The quantitative estimate of drug-likeness (QED) is 0.256. The Balaban J connectivity index is 1.47. The summed E-state index contributed by atoms with van der Waals surface area (Å²) in [5.41, 5.74) is 4.08. The van der Waals surface area contributed by atoms with Gasteiger partial charge in [0.25, 0.3) is 0 Å². The van der Waals surface area contributed by atoms with Crippen molar-refractivity contribution in [2.24, 2.45) is 5.92 Å². The molecule has 33 heavy (non-hydrogen) atoms. The molecule has 3 aromatic carbocycles. The van der Waals surface area contributed by atoms with Crippen molar-refractivity contribution in [1.82, 2.24) is 0 Å². The second-order valence-corrected chi connectivity index (χ2v) is 9.26. The molecule has 0 spiro atoms. The summed E-state index contributed by atoms with van der Waals surface area (Å²) in [7, 11) is 0. The molecule has 0 atom stereocenters. The summed E-state index contributed by atoms with van der Waals surface area (Å²) in [6.45, 7) is 7.61. The van der Waals surface area contributed by atoms with E-state index in [0.717, 1.165) is 60.1 Å². The van der Waals surface area contributed by atoms with Crippen LogP contribution in [-0.4, -0.2) is 0 Å². The lowest BCUT2D eigenvalue weighted by atomic mass is 9.76. The molecule has 0 aliphatic heterocycles. The van der Waals surface area contributed by atoms with Gasteiger partial charge in [-0.1, -0.05) is 54.3 Å². The van der Waals surface area contributed by atoms with Crippen LogP contribution in [0.4, 0.5) is 4.39 Å². The lowest BCUT2D eigenvalue weighted by Crippen LogP contribution is -2.14. The fourth-order valence-corrected chi connectivity index (χ4v) is 4.99. The molecule has 0 aromatic heterocycles. The zero-order valence-corrected chi connectivity index (χ0v) is 19.5. The van der Waals surface area contributed by atoms with E-state index < -0.39 is 0 Å². The summed E-state index contributed by atoms with van der Waals surface area (Å²) < 4.78 is 15.4. The van der Waals surface area contributed by atoms with Crippen LogP contribution in [0.2, 0.25) is 0 Å². The average Bonchev–Trinajstić information content (AvgIpc) is 2.86. The SMILES string of the molecule is C=CCCc1ccc(C#Cc2ccc3c(F)c(C4CCC(CCC=C)CC4)ccc3c2)cc1. The standard InChI is InChI=1S/C32H33F/c1-3-5-7-24-9-11-26(12-10-24)13-14-27-17-21-31-29(23-27)20-22-30(32(31)33)28-18-15-25(16-19-28)8-6-4-2/h3-4,9-12,17,20-23,25,28H,1-2,5-8,15-16,18-19H2.